The van der Waals surface area contributed by atoms with Crippen molar-refractivity contribution in [3.05, 3.63) is 83.7 Å². The van der Waals surface area contributed by atoms with E-state index in [1.54, 1.807) is 49.8 Å². The van der Waals surface area contributed by atoms with Crippen LogP contribution >= 0.6 is 0 Å². The van der Waals surface area contributed by atoms with Gasteiger partial charge in [-0.15, -0.1) is 0 Å². The number of nitrogens with zero attached hydrogens (tertiary/aromatic N) is 1. The van der Waals surface area contributed by atoms with Gasteiger partial charge >= 0.3 is 6.03 Å². The second kappa shape index (κ2) is 11.5. The highest BCUT2D eigenvalue weighted by atomic mass is 16.5. The predicted molar refractivity (Wildman–Crippen MR) is 126 cm³/mol. The second-order valence-corrected chi connectivity index (χ2v) is 7.64. The highest BCUT2D eigenvalue weighted by molar-refractivity contribution is 6.04. The lowest BCUT2D eigenvalue weighted by atomic mass is 10.1. The van der Waals surface area contributed by atoms with Crippen molar-refractivity contribution >= 4 is 17.6 Å². The minimum absolute atomic E-state index is 0.0654. The number of amides is 3. The first-order valence-electron chi connectivity index (χ1n) is 10.6. The molecule has 3 N–H and O–H groups in total. The van der Waals surface area contributed by atoms with Crippen LogP contribution in [0.1, 0.15) is 35.3 Å². The molecule has 8 heteroatoms. The molecule has 3 aromatic rings. The Morgan fingerprint density at radius 1 is 0.939 bits per heavy atom. The Morgan fingerprint density at radius 2 is 1.67 bits per heavy atom. The van der Waals surface area contributed by atoms with Gasteiger partial charge in [-0.25, -0.2) is 4.79 Å². The maximum atomic E-state index is 12.7. The maximum Gasteiger partial charge on any atom is 0.315 e. The number of pyridine rings is 1. The number of hydrogen-bond acceptors (Lipinski definition) is 5. The summed E-state index contributed by atoms with van der Waals surface area (Å²) in [6, 6.07) is 15.9. The van der Waals surface area contributed by atoms with Gasteiger partial charge in [-0.1, -0.05) is 12.1 Å². The molecule has 0 radical (unpaired) electrons. The van der Waals surface area contributed by atoms with Crippen LogP contribution in [0.4, 0.5) is 10.5 Å². The highest BCUT2D eigenvalue weighted by Gasteiger charge is 2.11. The van der Waals surface area contributed by atoms with Crippen LogP contribution < -0.4 is 25.4 Å². The topological polar surface area (TPSA) is 102 Å². The summed E-state index contributed by atoms with van der Waals surface area (Å²) in [5.41, 5.74) is 2.95. The van der Waals surface area contributed by atoms with Gasteiger partial charge in [-0.2, -0.15) is 0 Å². The fourth-order valence-electron chi connectivity index (χ4n) is 2.98. The monoisotopic (exact) mass is 448 g/mol. The number of hydrogen-bond donors (Lipinski definition) is 3. The standard InChI is InChI=1S/C25H28N4O4/c1-17(2)28-25(31)27-15-18-4-6-20(7-5-18)24(30)29-21-8-9-22(32-3)23(14-21)33-16-19-10-12-26-13-11-19/h4-14,17H,15-16H2,1-3H3,(H,29,30)(H2,27,28,31). The van der Waals surface area contributed by atoms with Crippen LogP contribution in [0.2, 0.25) is 0 Å². The molecule has 1 heterocycles. The number of carbonyl (C=O) groups excluding carboxylic acids is 2. The molecule has 0 aliphatic carbocycles. The van der Waals surface area contributed by atoms with Crippen molar-refractivity contribution in [3.63, 3.8) is 0 Å². The normalized spacial score (nSPS) is 10.4. The first-order valence-corrected chi connectivity index (χ1v) is 10.6. The Kier molecular flexibility index (Phi) is 8.24. The molecule has 2 aromatic carbocycles. The van der Waals surface area contributed by atoms with Crippen LogP contribution in [0.5, 0.6) is 11.5 Å². The fraction of sp³-hybridized carbons (Fsp3) is 0.240. The van der Waals surface area contributed by atoms with Crippen molar-refractivity contribution in [2.45, 2.75) is 33.0 Å². The van der Waals surface area contributed by atoms with E-state index in [4.69, 9.17) is 9.47 Å². The van der Waals surface area contributed by atoms with Crippen LogP contribution in [-0.2, 0) is 13.2 Å². The van der Waals surface area contributed by atoms with Crippen molar-refractivity contribution in [1.82, 2.24) is 15.6 Å². The van der Waals surface area contributed by atoms with Gasteiger partial charge < -0.3 is 25.4 Å². The third-order valence-corrected chi connectivity index (χ3v) is 4.65. The lowest BCUT2D eigenvalue weighted by Crippen LogP contribution is -2.39. The minimum atomic E-state index is -0.252. The van der Waals surface area contributed by atoms with E-state index < -0.39 is 0 Å². The van der Waals surface area contributed by atoms with E-state index in [0.717, 1.165) is 11.1 Å². The number of rotatable bonds is 9. The van der Waals surface area contributed by atoms with Gasteiger partial charge in [0.05, 0.1) is 7.11 Å². The van der Waals surface area contributed by atoms with Crippen LogP contribution in [0.25, 0.3) is 0 Å². The number of nitrogens with one attached hydrogen (secondary N) is 3. The molecule has 0 aliphatic heterocycles. The molecule has 0 saturated heterocycles. The van der Waals surface area contributed by atoms with Crippen molar-refractivity contribution < 1.29 is 19.1 Å². The highest BCUT2D eigenvalue weighted by Crippen LogP contribution is 2.31. The molecule has 0 spiro atoms. The summed E-state index contributed by atoms with van der Waals surface area (Å²) in [6.45, 7) is 4.51. The molecule has 0 fully saturated rings. The number of aromatic nitrogens is 1. The number of carbonyl (C=O) groups is 2. The van der Waals surface area contributed by atoms with Gasteiger partial charge in [-0.05, 0) is 61.4 Å². The molecule has 3 amide bonds. The van der Waals surface area contributed by atoms with Gasteiger partial charge in [0, 0.05) is 42.3 Å². The zero-order chi connectivity index (χ0) is 23.6. The number of benzene rings is 2. The molecule has 172 valence electrons. The number of methoxy groups -OCH3 is 1. The molecular formula is C25H28N4O4. The number of anilines is 1. The van der Waals surface area contributed by atoms with E-state index in [1.165, 1.54) is 0 Å². The summed E-state index contributed by atoms with van der Waals surface area (Å²) in [6.07, 6.45) is 3.41. The van der Waals surface area contributed by atoms with Gasteiger partial charge in [0.15, 0.2) is 11.5 Å². The van der Waals surface area contributed by atoms with Gasteiger partial charge in [-0.3, -0.25) is 9.78 Å². The molecule has 1 aromatic heterocycles. The second-order valence-electron chi connectivity index (χ2n) is 7.64. The molecule has 8 nitrogen and oxygen atoms in total. The summed E-state index contributed by atoms with van der Waals surface area (Å²) in [7, 11) is 1.57. The summed E-state index contributed by atoms with van der Waals surface area (Å²) in [5, 5.41) is 8.42. The van der Waals surface area contributed by atoms with E-state index in [1.807, 2.05) is 38.1 Å². The van der Waals surface area contributed by atoms with E-state index in [0.29, 0.717) is 35.9 Å². The number of urea groups is 1. The average Bonchev–Trinajstić information content (AvgIpc) is 2.82. The third-order valence-electron chi connectivity index (χ3n) is 4.65. The zero-order valence-corrected chi connectivity index (χ0v) is 18.9. The Morgan fingerprint density at radius 3 is 2.33 bits per heavy atom. The largest absolute Gasteiger partial charge is 0.493 e. The van der Waals surface area contributed by atoms with Crippen molar-refractivity contribution in [2.75, 3.05) is 12.4 Å². The van der Waals surface area contributed by atoms with Crippen LogP contribution in [0.15, 0.2) is 67.0 Å². The fourth-order valence-corrected chi connectivity index (χ4v) is 2.98. The maximum absolute atomic E-state index is 12.7. The summed E-state index contributed by atoms with van der Waals surface area (Å²) in [4.78, 5) is 28.4. The van der Waals surface area contributed by atoms with Gasteiger partial charge in [0.25, 0.3) is 5.91 Å². The molecule has 0 bridgehead atoms. The van der Waals surface area contributed by atoms with E-state index >= 15 is 0 Å². The lowest BCUT2D eigenvalue weighted by molar-refractivity contribution is 0.102. The van der Waals surface area contributed by atoms with E-state index in [-0.39, 0.29) is 18.0 Å². The van der Waals surface area contributed by atoms with Gasteiger partial charge in [0.1, 0.15) is 6.61 Å². The lowest BCUT2D eigenvalue weighted by Gasteiger charge is -2.13. The van der Waals surface area contributed by atoms with Crippen molar-refractivity contribution in [1.29, 1.82) is 0 Å². The molecular weight excluding hydrogens is 420 g/mol. The third kappa shape index (κ3) is 7.24. The molecule has 0 aliphatic rings. The van der Waals surface area contributed by atoms with E-state index in [2.05, 4.69) is 20.9 Å². The Labute approximate surface area is 193 Å². The minimum Gasteiger partial charge on any atom is -0.493 e. The predicted octanol–water partition coefficient (Wildman–Crippen LogP) is 4.13. The SMILES string of the molecule is COc1ccc(NC(=O)c2ccc(CNC(=O)NC(C)C)cc2)cc1OCc1ccncc1. The Hall–Kier alpha value is -4.07. The van der Waals surface area contributed by atoms with E-state index in [9.17, 15) is 9.59 Å². The first-order chi connectivity index (χ1) is 15.9. The molecule has 3 rings (SSSR count). The molecule has 0 atom stereocenters. The summed E-state index contributed by atoms with van der Waals surface area (Å²) >= 11 is 0. The van der Waals surface area contributed by atoms with Crippen LogP contribution in [0, 0.1) is 0 Å². The average molecular weight is 449 g/mol. The van der Waals surface area contributed by atoms with Crippen molar-refractivity contribution in [3.8, 4) is 11.5 Å². The molecule has 33 heavy (non-hydrogen) atoms. The quantitative estimate of drug-likeness (QED) is 0.457. The summed E-state index contributed by atoms with van der Waals surface area (Å²) < 4.78 is 11.3. The van der Waals surface area contributed by atoms with Crippen LogP contribution in [0.3, 0.4) is 0 Å². The smallest absolute Gasteiger partial charge is 0.315 e. The molecule has 0 unspecified atom stereocenters. The van der Waals surface area contributed by atoms with Gasteiger partial charge in [0.2, 0.25) is 0 Å². The Balaban J connectivity index is 1.60. The summed E-state index contributed by atoms with van der Waals surface area (Å²) in [5.74, 6) is 0.839. The van der Waals surface area contributed by atoms with Crippen LogP contribution in [-0.4, -0.2) is 30.1 Å². The first kappa shape index (κ1) is 23.6. The Bertz CT molecular complexity index is 1070. The number of ether oxygens (including phenoxy) is 2. The zero-order valence-electron chi connectivity index (χ0n) is 18.9. The van der Waals surface area contributed by atoms with Crippen molar-refractivity contribution in [2.24, 2.45) is 0 Å². The molecule has 0 saturated carbocycles.